The lowest BCUT2D eigenvalue weighted by atomic mass is 10.1. The lowest BCUT2D eigenvalue weighted by Gasteiger charge is -2.28. The molecule has 0 saturated carbocycles. The van der Waals surface area contributed by atoms with Gasteiger partial charge in [0.1, 0.15) is 0 Å². The lowest BCUT2D eigenvalue weighted by Crippen LogP contribution is -2.42. The van der Waals surface area contributed by atoms with Gasteiger partial charge < -0.3 is 16.4 Å². The summed E-state index contributed by atoms with van der Waals surface area (Å²) in [5.74, 6) is -0.517. The highest BCUT2D eigenvalue weighted by atomic mass is 35.5. The van der Waals surface area contributed by atoms with E-state index in [-0.39, 0.29) is 55.8 Å². The van der Waals surface area contributed by atoms with E-state index in [4.69, 9.17) is 5.73 Å². The Morgan fingerprint density at radius 3 is 2.25 bits per heavy atom. The minimum atomic E-state index is -0.325. The first-order valence-corrected chi connectivity index (χ1v) is 7.73. The van der Waals surface area contributed by atoms with Crippen LogP contribution in [0.2, 0.25) is 0 Å². The van der Waals surface area contributed by atoms with Crippen molar-refractivity contribution in [3.05, 3.63) is 35.9 Å². The Morgan fingerprint density at radius 1 is 1.04 bits per heavy atom. The summed E-state index contributed by atoms with van der Waals surface area (Å²) in [6, 6.07) is 10.4. The van der Waals surface area contributed by atoms with Crippen molar-refractivity contribution in [1.82, 2.24) is 15.5 Å². The summed E-state index contributed by atoms with van der Waals surface area (Å²) in [6.07, 6.45) is 2.40. The van der Waals surface area contributed by atoms with Crippen LogP contribution in [0.3, 0.4) is 0 Å². The molecule has 0 aliphatic carbocycles. The number of rotatable bonds is 7. The molecule has 1 aromatic rings. The van der Waals surface area contributed by atoms with E-state index in [2.05, 4.69) is 27.7 Å². The monoisotopic (exact) mass is 376 g/mol. The third kappa shape index (κ3) is 7.05. The molecule has 1 fully saturated rings. The normalized spacial score (nSPS) is 14.9. The molecule has 0 bridgehead atoms. The van der Waals surface area contributed by atoms with Crippen LogP contribution in [0.5, 0.6) is 0 Å². The van der Waals surface area contributed by atoms with Crippen LogP contribution in [-0.4, -0.2) is 49.4 Å². The fourth-order valence-electron chi connectivity index (χ4n) is 2.71. The zero-order chi connectivity index (χ0) is 15.8. The van der Waals surface area contributed by atoms with E-state index in [0.717, 1.165) is 13.1 Å². The van der Waals surface area contributed by atoms with Gasteiger partial charge in [-0.1, -0.05) is 30.3 Å². The molecule has 1 aromatic carbocycles. The minimum Gasteiger partial charge on any atom is -0.353 e. The molecule has 8 heteroatoms. The molecule has 2 amide bonds. The predicted molar refractivity (Wildman–Crippen MR) is 99.6 cm³/mol. The van der Waals surface area contributed by atoms with Gasteiger partial charge in [-0.25, -0.2) is 0 Å². The van der Waals surface area contributed by atoms with Gasteiger partial charge in [0, 0.05) is 6.54 Å². The second-order valence-corrected chi connectivity index (χ2v) is 5.45. The van der Waals surface area contributed by atoms with E-state index in [0.29, 0.717) is 6.54 Å². The summed E-state index contributed by atoms with van der Waals surface area (Å²) < 4.78 is 0. The molecule has 0 aromatic heterocycles. The van der Waals surface area contributed by atoms with Gasteiger partial charge >= 0.3 is 0 Å². The van der Waals surface area contributed by atoms with Crippen LogP contribution in [-0.2, 0) is 9.59 Å². The first-order valence-electron chi connectivity index (χ1n) is 7.73. The van der Waals surface area contributed by atoms with E-state index in [1.807, 2.05) is 18.2 Å². The largest absolute Gasteiger partial charge is 0.353 e. The van der Waals surface area contributed by atoms with Gasteiger partial charge in [0.05, 0.1) is 19.1 Å². The van der Waals surface area contributed by atoms with Crippen molar-refractivity contribution in [2.45, 2.75) is 18.9 Å². The third-order valence-corrected chi connectivity index (χ3v) is 3.89. The Hall–Kier alpha value is -1.34. The van der Waals surface area contributed by atoms with Gasteiger partial charge in [0.15, 0.2) is 0 Å². The highest BCUT2D eigenvalue weighted by Gasteiger charge is 2.23. The molecule has 0 spiro atoms. The number of nitrogens with zero attached hydrogens (tertiary/aromatic N) is 1. The summed E-state index contributed by atoms with van der Waals surface area (Å²) in [7, 11) is 0. The average molecular weight is 377 g/mol. The number of carbonyl (C=O) groups excluding carboxylic acids is 2. The van der Waals surface area contributed by atoms with E-state index >= 15 is 0 Å². The second kappa shape index (κ2) is 12.1. The maximum atomic E-state index is 11.8. The van der Waals surface area contributed by atoms with Gasteiger partial charge in [-0.3, -0.25) is 14.5 Å². The van der Waals surface area contributed by atoms with E-state index in [9.17, 15) is 9.59 Å². The molecule has 6 nitrogen and oxygen atoms in total. The summed E-state index contributed by atoms with van der Waals surface area (Å²) in [5, 5.41) is 5.38. The first-order chi connectivity index (χ1) is 10.7. The molecule has 1 saturated heterocycles. The number of nitrogens with one attached hydrogen (secondary N) is 2. The Morgan fingerprint density at radius 2 is 1.67 bits per heavy atom. The Labute approximate surface area is 155 Å². The van der Waals surface area contributed by atoms with E-state index < -0.39 is 0 Å². The van der Waals surface area contributed by atoms with Gasteiger partial charge in [-0.15, -0.1) is 24.8 Å². The van der Waals surface area contributed by atoms with Crippen LogP contribution in [0.25, 0.3) is 0 Å². The predicted octanol–water partition coefficient (Wildman–Crippen LogP) is 0.858. The molecule has 1 unspecified atom stereocenters. The number of amides is 2. The molecular formula is C16H26Cl2N4O2. The Bertz CT molecular complexity index is 496. The molecule has 136 valence electrons. The molecule has 1 aliphatic rings. The van der Waals surface area contributed by atoms with E-state index in [1.54, 1.807) is 0 Å². The summed E-state index contributed by atoms with van der Waals surface area (Å²) in [6.45, 7) is 2.52. The molecule has 1 heterocycles. The van der Waals surface area contributed by atoms with Crippen LogP contribution in [0.1, 0.15) is 24.4 Å². The third-order valence-electron chi connectivity index (χ3n) is 3.89. The number of hydrogen-bond acceptors (Lipinski definition) is 4. The molecule has 4 N–H and O–H groups in total. The van der Waals surface area contributed by atoms with Crippen molar-refractivity contribution in [1.29, 1.82) is 0 Å². The number of likely N-dealkylation sites (tertiary alicyclic amines) is 1. The molecule has 1 atom stereocenters. The number of nitrogens with two attached hydrogens (primary N) is 1. The zero-order valence-electron chi connectivity index (χ0n) is 13.6. The van der Waals surface area contributed by atoms with Gasteiger partial charge in [-0.2, -0.15) is 0 Å². The maximum Gasteiger partial charge on any atom is 0.239 e. The van der Waals surface area contributed by atoms with Crippen molar-refractivity contribution in [2.75, 3.05) is 32.7 Å². The average Bonchev–Trinajstić information content (AvgIpc) is 3.08. The zero-order valence-corrected chi connectivity index (χ0v) is 15.2. The van der Waals surface area contributed by atoms with Crippen LogP contribution in [0.4, 0.5) is 0 Å². The lowest BCUT2D eigenvalue weighted by molar-refractivity contribution is -0.125. The molecule has 24 heavy (non-hydrogen) atoms. The van der Waals surface area contributed by atoms with Gasteiger partial charge in [0.2, 0.25) is 11.8 Å². The highest BCUT2D eigenvalue weighted by molar-refractivity contribution is 5.86. The van der Waals surface area contributed by atoms with Gasteiger partial charge in [0.25, 0.3) is 0 Å². The summed E-state index contributed by atoms with van der Waals surface area (Å²) >= 11 is 0. The van der Waals surface area contributed by atoms with Crippen molar-refractivity contribution >= 4 is 36.6 Å². The highest BCUT2D eigenvalue weighted by Crippen LogP contribution is 2.24. The number of hydrogen-bond donors (Lipinski definition) is 3. The van der Waals surface area contributed by atoms with Crippen molar-refractivity contribution in [2.24, 2.45) is 5.73 Å². The van der Waals surface area contributed by atoms with Crippen LogP contribution < -0.4 is 16.4 Å². The van der Waals surface area contributed by atoms with E-state index in [1.165, 1.54) is 18.4 Å². The van der Waals surface area contributed by atoms with Crippen LogP contribution in [0.15, 0.2) is 30.3 Å². The molecule has 0 radical (unpaired) electrons. The number of benzene rings is 1. The molecular weight excluding hydrogens is 351 g/mol. The number of halogens is 2. The molecule has 1 aliphatic heterocycles. The topological polar surface area (TPSA) is 87.5 Å². The smallest absolute Gasteiger partial charge is 0.239 e. The quantitative estimate of drug-likeness (QED) is 0.658. The van der Waals surface area contributed by atoms with Crippen molar-refractivity contribution < 1.29 is 9.59 Å². The SMILES string of the molecule is Cl.Cl.NCC(=O)NCC(=O)NCC(c1ccccc1)N1CCCC1. The standard InChI is InChI=1S/C16H24N4O2.2ClH/c17-10-15(21)19-12-16(22)18-11-14(20-8-4-5-9-20)13-6-2-1-3-7-13;;/h1-3,6-7,14H,4-5,8-12,17H2,(H,18,22)(H,19,21);2*1H. The minimum absolute atomic E-state index is 0. The molecule has 2 rings (SSSR count). The second-order valence-electron chi connectivity index (χ2n) is 5.45. The van der Waals surface area contributed by atoms with Gasteiger partial charge in [-0.05, 0) is 31.5 Å². The number of carbonyl (C=O) groups is 2. The Kier molecular flexibility index (Phi) is 11.4. The fraction of sp³-hybridized carbons (Fsp3) is 0.500. The summed E-state index contributed by atoms with van der Waals surface area (Å²) in [5.41, 5.74) is 6.39. The summed E-state index contributed by atoms with van der Waals surface area (Å²) in [4.78, 5) is 25.3. The Balaban J connectivity index is 0.00000264. The van der Waals surface area contributed by atoms with Crippen LogP contribution >= 0.6 is 24.8 Å². The fourth-order valence-corrected chi connectivity index (χ4v) is 2.71. The van der Waals surface area contributed by atoms with Crippen LogP contribution in [0, 0.1) is 0 Å². The first kappa shape index (κ1) is 22.7. The maximum absolute atomic E-state index is 11.8. The van der Waals surface area contributed by atoms with Crippen molar-refractivity contribution in [3.63, 3.8) is 0 Å². The van der Waals surface area contributed by atoms with Crippen molar-refractivity contribution in [3.8, 4) is 0 Å².